The summed E-state index contributed by atoms with van der Waals surface area (Å²) in [6.07, 6.45) is 2.45. The summed E-state index contributed by atoms with van der Waals surface area (Å²) in [5.41, 5.74) is 6.27. The normalized spacial score (nSPS) is 27.9. The van der Waals surface area contributed by atoms with Gasteiger partial charge in [0.25, 0.3) is 0 Å². The van der Waals surface area contributed by atoms with Gasteiger partial charge in [-0.15, -0.1) is 0 Å². The molecule has 0 aromatic heterocycles. The molecular formula is C8H18N2. The Bertz CT molecular complexity index is 104. The maximum atomic E-state index is 5.87. The SMILES string of the molecule is C[C@@H](N)C1(C)CCNCC1. The number of piperidine rings is 1. The Balaban J connectivity index is 2.48. The minimum atomic E-state index is 0.342. The molecule has 0 radical (unpaired) electrons. The zero-order valence-corrected chi connectivity index (χ0v) is 6.98. The first kappa shape index (κ1) is 8.02. The summed E-state index contributed by atoms with van der Waals surface area (Å²) in [4.78, 5) is 0. The second-order valence-corrected chi connectivity index (χ2v) is 3.69. The van der Waals surface area contributed by atoms with Gasteiger partial charge in [-0.1, -0.05) is 6.92 Å². The lowest BCUT2D eigenvalue weighted by Crippen LogP contribution is -2.45. The smallest absolute Gasteiger partial charge is 0.00653 e. The van der Waals surface area contributed by atoms with E-state index in [0.29, 0.717) is 11.5 Å². The molecule has 0 aromatic rings. The number of rotatable bonds is 1. The molecule has 0 aromatic carbocycles. The van der Waals surface area contributed by atoms with Gasteiger partial charge >= 0.3 is 0 Å². The fourth-order valence-electron chi connectivity index (χ4n) is 1.45. The average Bonchev–Trinajstić information content (AvgIpc) is 1.89. The molecule has 60 valence electrons. The van der Waals surface area contributed by atoms with Gasteiger partial charge in [0, 0.05) is 6.04 Å². The van der Waals surface area contributed by atoms with E-state index in [2.05, 4.69) is 19.2 Å². The number of nitrogens with two attached hydrogens (primary N) is 1. The van der Waals surface area contributed by atoms with Crippen LogP contribution in [0.15, 0.2) is 0 Å². The highest BCUT2D eigenvalue weighted by molar-refractivity contribution is 4.86. The van der Waals surface area contributed by atoms with Crippen LogP contribution in [-0.2, 0) is 0 Å². The lowest BCUT2D eigenvalue weighted by Gasteiger charge is -2.37. The highest BCUT2D eigenvalue weighted by Gasteiger charge is 2.29. The van der Waals surface area contributed by atoms with E-state index < -0.39 is 0 Å². The summed E-state index contributed by atoms with van der Waals surface area (Å²) in [5, 5.41) is 3.34. The molecule has 0 saturated carbocycles. The topological polar surface area (TPSA) is 38.0 Å². The Morgan fingerprint density at radius 2 is 1.90 bits per heavy atom. The van der Waals surface area contributed by atoms with Gasteiger partial charge in [0.2, 0.25) is 0 Å². The van der Waals surface area contributed by atoms with Crippen molar-refractivity contribution in [2.45, 2.75) is 32.7 Å². The van der Waals surface area contributed by atoms with Crippen molar-refractivity contribution in [3.05, 3.63) is 0 Å². The molecular weight excluding hydrogens is 124 g/mol. The van der Waals surface area contributed by atoms with Crippen molar-refractivity contribution in [1.82, 2.24) is 5.32 Å². The van der Waals surface area contributed by atoms with Crippen LogP contribution in [0, 0.1) is 5.41 Å². The predicted molar refractivity (Wildman–Crippen MR) is 43.9 cm³/mol. The molecule has 1 saturated heterocycles. The van der Waals surface area contributed by atoms with Crippen molar-refractivity contribution >= 4 is 0 Å². The number of nitrogens with one attached hydrogen (secondary N) is 1. The van der Waals surface area contributed by atoms with Gasteiger partial charge in [0.05, 0.1) is 0 Å². The molecule has 0 amide bonds. The van der Waals surface area contributed by atoms with Gasteiger partial charge in [-0.05, 0) is 38.3 Å². The fourth-order valence-corrected chi connectivity index (χ4v) is 1.45. The molecule has 10 heavy (non-hydrogen) atoms. The van der Waals surface area contributed by atoms with E-state index in [1.165, 1.54) is 12.8 Å². The van der Waals surface area contributed by atoms with Gasteiger partial charge in [0.15, 0.2) is 0 Å². The molecule has 1 heterocycles. The third kappa shape index (κ3) is 1.50. The molecule has 3 N–H and O–H groups in total. The van der Waals surface area contributed by atoms with Crippen LogP contribution in [0.4, 0.5) is 0 Å². The molecule has 1 rings (SSSR count). The van der Waals surface area contributed by atoms with Crippen LogP contribution in [0.1, 0.15) is 26.7 Å². The summed E-state index contributed by atoms with van der Waals surface area (Å²) in [5.74, 6) is 0. The maximum Gasteiger partial charge on any atom is 0.00653 e. The minimum Gasteiger partial charge on any atom is -0.327 e. The highest BCUT2D eigenvalue weighted by atomic mass is 14.9. The molecule has 0 bridgehead atoms. The van der Waals surface area contributed by atoms with Crippen molar-refractivity contribution in [3.8, 4) is 0 Å². The van der Waals surface area contributed by atoms with Crippen LogP contribution in [0.5, 0.6) is 0 Å². The standard InChI is InChI=1S/C8H18N2/c1-7(9)8(2)3-5-10-6-4-8/h7,10H,3-6,9H2,1-2H3/t7-/m1/s1. The Morgan fingerprint density at radius 3 is 2.20 bits per heavy atom. The van der Waals surface area contributed by atoms with Crippen LogP contribution in [0.2, 0.25) is 0 Å². The van der Waals surface area contributed by atoms with Gasteiger partial charge in [-0.3, -0.25) is 0 Å². The number of hydrogen-bond donors (Lipinski definition) is 2. The molecule has 1 aliphatic rings. The summed E-state index contributed by atoms with van der Waals surface area (Å²) in [7, 11) is 0. The Labute approximate surface area is 63.2 Å². The maximum absolute atomic E-state index is 5.87. The van der Waals surface area contributed by atoms with E-state index >= 15 is 0 Å². The number of hydrogen-bond acceptors (Lipinski definition) is 2. The quantitative estimate of drug-likeness (QED) is 0.566. The van der Waals surface area contributed by atoms with Crippen molar-refractivity contribution in [2.75, 3.05) is 13.1 Å². The Morgan fingerprint density at radius 1 is 1.40 bits per heavy atom. The lowest BCUT2D eigenvalue weighted by molar-refractivity contribution is 0.191. The molecule has 1 atom stereocenters. The summed E-state index contributed by atoms with van der Waals surface area (Å²) in [6.45, 7) is 6.68. The summed E-state index contributed by atoms with van der Waals surface area (Å²) in [6, 6.07) is 0.342. The third-order valence-corrected chi connectivity index (χ3v) is 2.85. The molecule has 1 aliphatic heterocycles. The first-order valence-electron chi connectivity index (χ1n) is 4.11. The zero-order chi connectivity index (χ0) is 7.61. The molecule has 1 fully saturated rings. The van der Waals surface area contributed by atoms with Gasteiger partial charge in [-0.2, -0.15) is 0 Å². The molecule has 0 spiro atoms. The monoisotopic (exact) mass is 142 g/mol. The highest BCUT2D eigenvalue weighted by Crippen LogP contribution is 2.30. The molecule has 2 nitrogen and oxygen atoms in total. The Hall–Kier alpha value is -0.0800. The molecule has 2 heteroatoms. The summed E-state index contributed by atoms with van der Waals surface area (Å²) < 4.78 is 0. The predicted octanol–water partition coefficient (Wildman–Crippen LogP) is 0.723. The molecule has 0 unspecified atom stereocenters. The van der Waals surface area contributed by atoms with Crippen LogP contribution in [-0.4, -0.2) is 19.1 Å². The fraction of sp³-hybridized carbons (Fsp3) is 1.00. The zero-order valence-electron chi connectivity index (χ0n) is 6.98. The lowest BCUT2D eigenvalue weighted by atomic mass is 9.76. The van der Waals surface area contributed by atoms with E-state index in [4.69, 9.17) is 5.73 Å². The van der Waals surface area contributed by atoms with Gasteiger partial charge < -0.3 is 11.1 Å². The van der Waals surface area contributed by atoms with E-state index in [9.17, 15) is 0 Å². The second kappa shape index (κ2) is 2.89. The van der Waals surface area contributed by atoms with Crippen molar-refractivity contribution in [2.24, 2.45) is 11.1 Å². The third-order valence-electron chi connectivity index (χ3n) is 2.85. The van der Waals surface area contributed by atoms with Gasteiger partial charge in [0.1, 0.15) is 0 Å². The Kier molecular flexibility index (Phi) is 2.32. The largest absolute Gasteiger partial charge is 0.327 e. The average molecular weight is 142 g/mol. The van der Waals surface area contributed by atoms with Crippen LogP contribution in [0.25, 0.3) is 0 Å². The van der Waals surface area contributed by atoms with Crippen LogP contribution in [0.3, 0.4) is 0 Å². The van der Waals surface area contributed by atoms with Crippen molar-refractivity contribution < 1.29 is 0 Å². The van der Waals surface area contributed by atoms with Crippen LogP contribution < -0.4 is 11.1 Å². The van der Waals surface area contributed by atoms with Crippen molar-refractivity contribution in [3.63, 3.8) is 0 Å². The van der Waals surface area contributed by atoms with E-state index in [1.54, 1.807) is 0 Å². The van der Waals surface area contributed by atoms with Crippen LogP contribution >= 0.6 is 0 Å². The first-order valence-corrected chi connectivity index (χ1v) is 4.11. The van der Waals surface area contributed by atoms with E-state index in [-0.39, 0.29) is 0 Å². The molecule has 0 aliphatic carbocycles. The summed E-state index contributed by atoms with van der Waals surface area (Å²) >= 11 is 0. The minimum absolute atomic E-state index is 0.342. The van der Waals surface area contributed by atoms with E-state index in [1.807, 2.05) is 0 Å². The second-order valence-electron chi connectivity index (χ2n) is 3.69. The first-order chi connectivity index (χ1) is 4.65. The van der Waals surface area contributed by atoms with E-state index in [0.717, 1.165) is 13.1 Å². The van der Waals surface area contributed by atoms with Gasteiger partial charge in [-0.25, -0.2) is 0 Å². The van der Waals surface area contributed by atoms with Crippen molar-refractivity contribution in [1.29, 1.82) is 0 Å².